The van der Waals surface area contributed by atoms with E-state index in [1.54, 1.807) is 11.1 Å². The van der Waals surface area contributed by atoms with Crippen LogP contribution in [-0.4, -0.2) is 63.0 Å². The Morgan fingerprint density at radius 2 is 1.88 bits per heavy atom. The van der Waals surface area contributed by atoms with Crippen LogP contribution in [0.4, 0.5) is 5.82 Å². The van der Waals surface area contributed by atoms with Gasteiger partial charge in [-0.15, -0.1) is 0 Å². The Morgan fingerprint density at radius 1 is 1.12 bits per heavy atom. The largest absolute Gasteiger partial charge is 0.341 e. The van der Waals surface area contributed by atoms with Gasteiger partial charge in [-0.05, 0) is 44.6 Å². The van der Waals surface area contributed by atoms with E-state index in [0.29, 0.717) is 38.3 Å². The molecule has 2 aliphatic rings. The van der Waals surface area contributed by atoms with Crippen LogP contribution < -0.4 is 5.32 Å². The fraction of sp³-hybridized carbons (Fsp3) is 0.520. The molecule has 0 bridgehead atoms. The smallest absolute Gasteiger partial charge is 0.245 e. The Morgan fingerprint density at radius 3 is 2.58 bits per heavy atom. The second-order valence-corrected chi connectivity index (χ2v) is 8.97. The molecular formula is C25H33N5O3. The number of hydrogen-bond acceptors (Lipinski definition) is 4. The predicted molar refractivity (Wildman–Crippen MR) is 125 cm³/mol. The van der Waals surface area contributed by atoms with E-state index >= 15 is 0 Å². The molecule has 0 aliphatic carbocycles. The molecule has 0 saturated carbocycles. The summed E-state index contributed by atoms with van der Waals surface area (Å²) in [5, 5.41) is 7.45. The molecule has 1 aromatic carbocycles. The first-order chi connectivity index (χ1) is 16.0. The summed E-state index contributed by atoms with van der Waals surface area (Å²) in [5.74, 6) is 0.799. The minimum atomic E-state index is -0.396. The van der Waals surface area contributed by atoms with Crippen molar-refractivity contribution in [3.8, 4) is 0 Å². The molecule has 0 spiro atoms. The maximum absolute atomic E-state index is 12.9. The summed E-state index contributed by atoms with van der Waals surface area (Å²) in [4.78, 5) is 40.9. The van der Waals surface area contributed by atoms with E-state index in [1.807, 2.05) is 40.8 Å². The summed E-state index contributed by atoms with van der Waals surface area (Å²) in [6.45, 7) is 3.75. The number of nitrogens with one attached hydrogen (secondary N) is 1. The van der Waals surface area contributed by atoms with Crippen molar-refractivity contribution >= 4 is 23.5 Å². The molecule has 1 aromatic heterocycles. The van der Waals surface area contributed by atoms with Gasteiger partial charge in [-0.2, -0.15) is 5.10 Å². The molecule has 2 aliphatic heterocycles. The molecule has 2 aromatic rings. The molecule has 4 rings (SSSR count). The minimum absolute atomic E-state index is 0.00981. The van der Waals surface area contributed by atoms with Gasteiger partial charge < -0.3 is 15.1 Å². The quantitative estimate of drug-likeness (QED) is 0.668. The van der Waals surface area contributed by atoms with Crippen molar-refractivity contribution in [3.05, 3.63) is 48.2 Å². The standard InChI is InChI=1S/C25H33N5O3/c1-19(29-16-6-11-24(29)32)25(33)28-17-13-21(14-18-28)30-22(12-15-26-30)27-23(31)10-5-9-20-7-3-2-4-8-20/h2-4,7-8,12,15,19,21H,5-6,9-11,13-14,16-18H2,1H3,(H,27,31)/t19-/m0/s1. The van der Waals surface area contributed by atoms with Gasteiger partial charge in [-0.25, -0.2) is 4.68 Å². The van der Waals surface area contributed by atoms with Gasteiger partial charge in [0.25, 0.3) is 0 Å². The highest BCUT2D eigenvalue weighted by atomic mass is 16.2. The maximum atomic E-state index is 12.9. The van der Waals surface area contributed by atoms with Crippen LogP contribution in [0.3, 0.4) is 0 Å². The third-order valence-electron chi connectivity index (χ3n) is 6.71. The van der Waals surface area contributed by atoms with E-state index in [-0.39, 0.29) is 23.8 Å². The Balaban J connectivity index is 1.25. The first-order valence-electron chi connectivity index (χ1n) is 12.0. The Bertz CT molecular complexity index is 965. The number of benzene rings is 1. The normalized spacial score (nSPS) is 17.9. The molecule has 3 heterocycles. The zero-order valence-electron chi connectivity index (χ0n) is 19.3. The molecule has 33 heavy (non-hydrogen) atoms. The summed E-state index contributed by atoms with van der Waals surface area (Å²) < 4.78 is 1.88. The first kappa shape index (κ1) is 23.0. The van der Waals surface area contributed by atoms with Crippen molar-refractivity contribution in [2.24, 2.45) is 0 Å². The zero-order chi connectivity index (χ0) is 23.2. The van der Waals surface area contributed by atoms with E-state index in [4.69, 9.17) is 0 Å². The monoisotopic (exact) mass is 451 g/mol. The molecule has 176 valence electrons. The van der Waals surface area contributed by atoms with Gasteiger partial charge in [0.15, 0.2) is 0 Å². The van der Waals surface area contributed by atoms with Crippen LogP contribution in [0.1, 0.15) is 57.1 Å². The van der Waals surface area contributed by atoms with Gasteiger partial charge in [0.1, 0.15) is 11.9 Å². The highest BCUT2D eigenvalue weighted by Crippen LogP contribution is 2.26. The van der Waals surface area contributed by atoms with Crippen LogP contribution in [-0.2, 0) is 20.8 Å². The van der Waals surface area contributed by atoms with Crippen molar-refractivity contribution in [2.45, 2.75) is 64.0 Å². The lowest BCUT2D eigenvalue weighted by Crippen LogP contribution is -2.50. The van der Waals surface area contributed by atoms with Crippen LogP contribution >= 0.6 is 0 Å². The molecule has 3 amide bonds. The number of anilines is 1. The molecular weight excluding hydrogens is 418 g/mol. The number of amides is 3. The maximum Gasteiger partial charge on any atom is 0.245 e. The van der Waals surface area contributed by atoms with Gasteiger partial charge in [-0.3, -0.25) is 14.4 Å². The fourth-order valence-corrected chi connectivity index (χ4v) is 4.81. The predicted octanol–water partition coefficient (Wildman–Crippen LogP) is 3.02. The highest BCUT2D eigenvalue weighted by molar-refractivity contribution is 5.90. The summed E-state index contributed by atoms with van der Waals surface area (Å²) in [6.07, 6.45) is 6.75. The van der Waals surface area contributed by atoms with Gasteiger partial charge in [0.05, 0.1) is 12.2 Å². The molecule has 8 heteroatoms. The number of aromatic nitrogens is 2. The average molecular weight is 452 g/mol. The summed E-state index contributed by atoms with van der Waals surface area (Å²) in [6, 6.07) is 11.7. The third kappa shape index (κ3) is 5.61. The first-order valence-corrected chi connectivity index (χ1v) is 12.0. The highest BCUT2D eigenvalue weighted by Gasteiger charge is 2.34. The summed E-state index contributed by atoms with van der Waals surface area (Å²) in [7, 11) is 0. The Labute approximate surface area is 194 Å². The lowest BCUT2D eigenvalue weighted by Gasteiger charge is -2.36. The van der Waals surface area contributed by atoms with E-state index in [2.05, 4.69) is 22.5 Å². The van der Waals surface area contributed by atoms with Crippen LogP contribution in [0.2, 0.25) is 0 Å². The van der Waals surface area contributed by atoms with Crippen LogP contribution in [0.5, 0.6) is 0 Å². The molecule has 2 fully saturated rings. The Hall–Kier alpha value is -3.16. The van der Waals surface area contributed by atoms with Crippen molar-refractivity contribution in [1.82, 2.24) is 19.6 Å². The minimum Gasteiger partial charge on any atom is -0.341 e. The topological polar surface area (TPSA) is 87.5 Å². The second-order valence-electron chi connectivity index (χ2n) is 8.97. The van der Waals surface area contributed by atoms with Crippen molar-refractivity contribution in [1.29, 1.82) is 0 Å². The number of nitrogens with zero attached hydrogens (tertiary/aromatic N) is 4. The van der Waals surface area contributed by atoms with Crippen molar-refractivity contribution in [2.75, 3.05) is 25.0 Å². The van der Waals surface area contributed by atoms with Gasteiger partial charge in [0.2, 0.25) is 17.7 Å². The molecule has 8 nitrogen and oxygen atoms in total. The van der Waals surface area contributed by atoms with E-state index in [0.717, 1.165) is 32.1 Å². The lowest BCUT2D eigenvalue weighted by molar-refractivity contribution is -0.143. The average Bonchev–Trinajstić information content (AvgIpc) is 3.47. The molecule has 0 radical (unpaired) electrons. The number of carbonyl (C=O) groups excluding carboxylic acids is 3. The lowest BCUT2D eigenvalue weighted by atomic mass is 10.0. The number of piperidine rings is 1. The third-order valence-corrected chi connectivity index (χ3v) is 6.71. The van der Waals surface area contributed by atoms with Crippen molar-refractivity contribution < 1.29 is 14.4 Å². The molecule has 1 N–H and O–H groups in total. The van der Waals surface area contributed by atoms with E-state index in [1.165, 1.54) is 5.56 Å². The number of hydrogen-bond donors (Lipinski definition) is 1. The van der Waals surface area contributed by atoms with Gasteiger partial charge in [0, 0.05) is 38.5 Å². The summed E-state index contributed by atoms with van der Waals surface area (Å²) in [5.41, 5.74) is 1.24. The van der Waals surface area contributed by atoms with Gasteiger partial charge >= 0.3 is 0 Å². The molecule has 2 saturated heterocycles. The van der Waals surface area contributed by atoms with Crippen molar-refractivity contribution in [3.63, 3.8) is 0 Å². The molecule has 0 unspecified atom stereocenters. The van der Waals surface area contributed by atoms with E-state index in [9.17, 15) is 14.4 Å². The number of carbonyl (C=O) groups is 3. The molecule has 1 atom stereocenters. The van der Waals surface area contributed by atoms with Gasteiger partial charge in [-0.1, -0.05) is 30.3 Å². The number of aryl methyl sites for hydroxylation is 1. The van der Waals surface area contributed by atoms with Crippen LogP contribution in [0, 0.1) is 0 Å². The van der Waals surface area contributed by atoms with Crippen LogP contribution in [0.25, 0.3) is 0 Å². The summed E-state index contributed by atoms with van der Waals surface area (Å²) >= 11 is 0. The second kappa shape index (κ2) is 10.6. The van der Waals surface area contributed by atoms with Crippen LogP contribution in [0.15, 0.2) is 42.6 Å². The Kier molecular flexibility index (Phi) is 7.42. The van der Waals surface area contributed by atoms with E-state index < -0.39 is 6.04 Å². The zero-order valence-corrected chi connectivity index (χ0v) is 19.3. The number of rotatable bonds is 8. The number of likely N-dealkylation sites (tertiary alicyclic amines) is 2. The fourth-order valence-electron chi connectivity index (χ4n) is 4.81. The SMILES string of the molecule is C[C@@H](C(=O)N1CCC(n2nccc2NC(=O)CCCc2ccccc2)CC1)N1CCCC1=O.